The zero-order valence-electron chi connectivity index (χ0n) is 12.2. The molecular formula is C17H18N2O3. The molecule has 5 nitrogen and oxygen atoms in total. The predicted molar refractivity (Wildman–Crippen MR) is 82.4 cm³/mol. The van der Waals surface area contributed by atoms with Gasteiger partial charge in [0, 0.05) is 17.6 Å². The van der Waals surface area contributed by atoms with Crippen LogP contribution in [0.2, 0.25) is 0 Å². The summed E-state index contributed by atoms with van der Waals surface area (Å²) in [6, 6.07) is 9.32. The highest BCUT2D eigenvalue weighted by Crippen LogP contribution is 2.26. The van der Waals surface area contributed by atoms with Gasteiger partial charge in [-0.25, -0.2) is 0 Å². The smallest absolute Gasteiger partial charge is 0.308 e. The number of aliphatic carboxylic acids is 1. The van der Waals surface area contributed by atoms with Gasteiger partial charge in [0.2, 0.25) is 5.91 Å². The zero-order valence-corrected chi connectivity index (χ0v) is 12.2. The molecule has 0 spiro atoms. The predicted octanol–water partition coefficient (Wildman–Crippen LogP) is 2.15. The first kappa shape index (κ1) is 14.5. The van der Waals surface area contributed by atoms with E-state index >= 15 is 0 Å². The van der Waals surface area contributed by atoms with Gasteiger partial charge in [0.05, 0.1) is 17.9 Å². The van der Waals surface area contributed by atoms with Crippen LogP contribution in [0.15, 0.2) is 36.5 Å². The molecule has 1 fully saturated rings. The summed E-state index contributed by atoms with van der Waals surface area (Å²) in [6.07, 6.45) is 4.14. The number of nitrogens with one attached hydrogen (secondary N) is 1. The average molecular weight is 298 g/mol. The van der Waals surface area contributed by atoms with Crippen LogP contribution in [-0.4, -0.2) is 28.0 Å². The third-order valence-electron chi connectivity index (χ3n) is 4.25. The SMILES string of the molecule is O=C(Cc1cccc2cccnc12)N[C@H]1CCC[C@H]1C(=O)O. The van der Waals surface area contributed by atoms with Crippen LogP contribution in [0.5, 0.6) is 0 Å². The Morgan fingerprint density at radius 1 is 1.23 bits per heavy atom. The van der Waals surface area contributed by atoms with E-state index in [4.69, 9.17) is 5.11 Å². The molecule has 0 radical (unpaired) electrons. The molecule has 3 rings (SSSR count). The fourth-order valence-electron chi connectivity index (χ4n) is 3.17. The van der Waals surface area contributed by atoms with Crippen molar-refractivity contribution in [1.29, 1.82) is 0 Å². The van der Waals surface area contributed by atoms with E-state index in [9.17, 15) is 9.59 Å². The molecule has 1 saturated carbocycles. The topological polar surface area (TPSA) is 79.3 Å². The molecule has 1 amide bonds. The number of rotatable bonds is 4. The van der Waals surface area contributed by atoms with Crippen LogP contribution in [0.4, 0.5) is 0 Å². The summed E-state index contributed by atoms with van der Waals surface area (Å²) in [6.45, 7) is 0. The number of fused-ring (bicyclic) bond motifs is 1. The molecule has 114 valence electrons. The number of para-hydroxylation sites is 1. The third kappa shape index (κ3) is 2.93. The number of carboxylic acids is 1. The van der Waals surface area contributed by atoms with E-state index in [0.29, 0.717) is 6.42 Å². The van der Waals surface area contributed by atoms with E-state index in [1.807, 2.05) is 30.3 Å². The molecule has 2 aromatic rings. The highest BCUT2D eigenvalue weighted by Gasteiger charge is 2.33. The average Bonchev–Trinajstić information content (AvgIpc) is 2.96. The Bertz CT molecular complexity index is 709. The largest absolute Gasteiger partial charge is 0.481 e. The molecule has 5 heteroatoms. The van der Waals surface area contributed by atoms with Crippen molar-refractivity contribution in [2.75, 3.05) is 0 Å². The van der Waals surface area contributed by atoms with Crippen LogP contribution in [0.3, 0.4) is 0 Å². The van der Waals surface area contributed by atoms with Crippen molar-refractivity contribution in [3.8, 4) is 0 Å². The quantitative estimate of drug-likeness (QED) is 0.906. The monoisotopic (exact) mass is 298 g/mol. The summed E-state index contributed by atoms with van der Waals surface area (Å²) < 4.78 is 0. The number of nitrogens with zero attached hydrogens (tertiary/aromatic N) is 1. The minimum absolute atomic E-state index is 0.142. The molecule has 1 aromatic carbocycles. The minimum Gasteiger partial charge on any atom is -0.481 e. The summed E-state index contributed by atoms with van der Waals surface area (Å²) in [7, 11) is 0. The van der Waals surface area contributed by atoms with Gasteiger partial charge < -0.3 is 10.4 Å². The Kier molecular flexibility index (Phi) is 4.04. The number of pyridine rings is 1. The van der Waals surface area contributed by atoms with E-state index in [0.717, 1.165) is 29.3 Å². The lowest BCUT2D eigenvalue weighted by molar-refractivity contribution is -0.142. The van der Waals surface area contributed by atoms with Crippen molar-refractivity contribution in [3.05, 3.63) is 42.1 Å². The Hall–Kier alpha value is -2.43. The highest BCUT2D eigenvalue weighted by atomic mass is 16.4. The third-order valence-corrected chi connectivity index (χ3v) is 4.25. The number of aromatic nitrogens is 1. The molecule has 2 N–H and O–H groups in total. The number of carboxylic acid groups (broad SMARTS) is 1. The number of amides is 1. The molecule has 2 atom stereocenters. The number of carbonyl (C=O) groups excluding carboxylic acids is 1. The van der Waals surface area contributed by atoms with Crippen molar-refractivity contribution in [1.82, 2.24) is 10.3 Å². The number of hydrogen-bond acceptors (Lipinski definition) is 3. The summed E-state index contributed by atoms with van der Waals surface area (Å²) in [5, 5.41) is 13.0. The van der Waals surface area contributed by atoms with Crippen LogP contribution < -0.4 is 5.32 Å². The maximum absolute atomic E-state index is 12.2. The molecule has 1 aliphatic rings. The maximum atomic E-state index is 12.2. The summed E-state index contributed by atoms with van der Waals surface area (Å²) in [4.78, 5) is 27.7. The van der Waals surface area contributed by atoms with Gasteiger partial charge >= 0.3 is 5.97 Å². The Balaban J connectivity index is 1.72. The molecule has 1 aromatic heterocycles. The van der Waals surface area contributed by atoms with Crippen LogP contribution in [0.25, 0.3) is 10.9 Å². The van der Waals surface area contributed by atoms with E-state index in [1.165, 1.54) is 0 Å². The standard InChI is InChI=1S/C17H18N2O3/c20-15(19-14-8-2-7-13(14)17(21)22)10-12-5-1-4-11-6-3-9-18-16(11)12/h1,3-6,9,13-14H,2,7-8,10H2,(H,19,20)(H,21,22)/t13-,14+/m1/s1. The lowest BCUT2D eigenvalue weighted by atomic mass is 10.0. The van der Waals surface area contributed by atoms with Gasteiger partial charge in [-0.05, 0) is 24.5 Å². The molecule has 0 saturated heterocycles. The van der Waals surface area contributed by atoms with Crippen LogP contribution >= 0.6 is 0 Å². The van der Waals surface area contributed by atoms with Crippen molar-refractivity contribution in [2.45, 2.75) is 31.7 Å². The lowest BCUT2D eigenvalue weighted by Crippen LogP contribution is -2.40. The Morgan fingerprint density at radius 3 is 2.86 bits per heavy atom. The van der Waals surface area contributed by atoms with Crippen molar-refractivity contribution in [2.24, 2.45) is 5.92 Å². The highest BCUT2D eigenvalue weighted by molar-refractivity contribution is 5.88. The summed E-state index contributed by atoms with van der Waals surface area (Å²) >= 11 is 0. The second-order valence-corrected chi connectivity index (χ2v) is 5.72. The first-order valence-electron chi connectivity index (χ1n) is 7.50. The molecule has 1 heterocycles. The van der Waals surface area contributed by atoms with Gasteiger partial charge in [0.1, 0.15) is 0 Å². The molecule has 0 unspecified atom stereocenters. The van der Waals surface area contributed by atoms with Gasteiger partial charge in [0.25, 0.3) is 0 Å². The van der Waals surface area contributed by atoms with E-state index < -0.39 is 11.9 Å². The van der Waals surface area contributed by atoms with Gasteiger partial charge in [-0.1, -0.05) is 30.7 Å². The second-order valence-electron chi connectivity index (χ2n) is 5.72. The van der Waals surface area contributed by atoms with E-state index in [-0.39, 0.29) is 18.4 Å². The molecule has 22 heavy (non-hydrogen) atoms. The molecule has 0 bridgehead atoms. The number of hydrogen-bond donors (Lipinski definition) is 2. The second kappa shape index (κ2) is 6.13. The van der Waals surface area contributed by atoms with Crippen molar-refractivity contribution in [3.63, 3.8) is 0 Å². The van der Waals surface area contributed by atoms with Crippen LogP contribution in [-0.2, 0) is 16.0 Å². The van der Waals surface area contributed by atoms with Crippen molar-refractivity contribution < 1.29 is 14.7 Å². The van der Waals surface area contributed by atoms with Gasteiger partial charge in [-0.2, -0.15) is 0 Å². The van der Waals surface area contributed by atoms with E-state index in [1.54, 1.807) is 6.20 Å². The van der Waals surface area contributed by atoms with Crippen LogP contribution in [0, 0.1) is 5.92 Å². The Morgan fingerprint density at radius 2 is 2.05 bits per heavy atom. The lowest BCUT2D eigenvalue weighted by Gasteiger charge is -2.17. The molecule has 0 aliphatic heterocycles. The normalized spacial score (nSPS) is 20.9. The van der Waals surface area contributed by atoms with Gasteiger partial charge in [-0.15, -0.1) is 0 Å². The number of carbonyl (C=O) groups is 2. The summed E-state index contributed by atoms with van der Waals surface area (Å²) in [5.74, 6) is -1.43. The van der Waals surface area contributed by atoms with Crippen molar-refractivity contribution >= 4 is 22.8 Å². The molecular weight excluding hydrogens is 280 g/mol. The number of benzene rings is 1. The van der Waals surface area contributed by atoms with Gasteiger partial charge in [-0.3, -0.25) is 14.6 Å². The minimum atomic E-state index is -0.824. The van der Waals surface area contributed by atoms with Gasteiger partial charge in [0.15, 0.2) is 0 Å². The molecule has 1 aliphatic carbocycles. The zero-order chi connectivity index (χ0) is 15.5. The Labute approximate surface area is 128 Å². The fourth-order valence-corrected chi connectivity index (χ4v) is 3.17. The van der Waals surface area contributed by atoms with E-state index in [2.05, 4.69) is 10.3 Å². The van der Waals surface area contributed by atoms with Crippen LogP contribution in [0.1, 0.15) is 24.8 Å². The fraction of sp³-hybridized carbons (Fsp3) is 0.353. The first-order chi connectivity index (χ1) is 10.6. The maximum Gasteiger partial charge on any atom is 0.308 e. The first-order valence-corrected chi connectivity index (χ1v) is 7.50. The summed E-state index contributed by atoms with van der Waals surface area (Å²) in [5.41, 5.74) is 1.68.